The average Bonchev–Trinajstić information content (AvgIpc) is 2.70. The molecule has 140 valence electrons. The van der Waals surface area contributed by atoms with Crippen LogP contribution >= 0.6 is 0 Å². The first kappa shape index (κ1) is 18.7. The predicted octanol–water partition coefficient (Wildman–Crippen LogP) is 2.56. The van der Waals surface area contributed by atoms with E-state index in [-0.39, 0.29) is 0 Å². The molecule has 0 aliphatic carbocycles. The number of hydrogen-bond acceptors (Lipinski definition) is 5. The Morgan fingerprint density at radius 2 is 1.62 bits per heavy atom. The van der Waals surface area contributed by atoms with E-state index in [2.05, 4.69) is 9.80 Å². The van der Waals surface area contributed by atoms with Gasteiger partial charge in [-0.25, -0.2) is 0 Å². The lowest BCUT2D eigenvalue weighted by molar-refractivity contribution is 0.0698. The Bertz CT molecular complexity index is 685. The SMILES string of the molecule is COc1ccc(OC)c(CN2CCN(CC(O)c3ccccc3)CC2)c1. The van der Waals surface area contributed by atoms with Crippen LogP contribution in [0.3, 0.4) is 0 Å². The molecule has 3 rings (SSSR count). The van der Waals surface area contributed by atoms with E-state index in [1.807, 2.05) is 48.5 Å². The molecule has 1 N–H and O–H groups in total. The molecule has 1 aliphatic rings. The lowest BCUT2D eigenvalue weighted by atomic mass is 10.1. The molecule has 0 saturated carbocycles. The minimum absolute atomic E-state index is 0.429. The number of aliphatic hydroxyl groups excluding tert-OH is 1. The summed E-state index contributed by atoms with van der Waals surface area (Å²) in [6.07, 6.45) is -0.429. The predicted molar refractivity (Wildman–Crippen MR) is 103 cm³/mol. The van der Waals surface area contributed by atoms with Crippen molar-refractivity contribution in [2.75, 3.05) is 46.9 Å². The van der Waals surface area contributed by atoms with E-state index in [0.29, 0.717) is 6.54 Å². The first-order valence-corrected chi connectivity index (χ1v) is 9.08. The summed E-state index contributed by atoms with van der Waals surface area (Å²) < 4.78 is 10.8. The topological polar surface area (TPSA) is 45.2 Å². The fraction of sp³-hybridized carbons (Fsp3) is 0.429. The highest BCUT2D eigenvalue weighted by molar-refractivity contribution is 5.40. The largest absolute Gasteiger partial charge is 0.497 e. The summed E-state index contributed by atoms with van der Waals surface area (Å²) in [5.74, 6) is 1.75. The van der Waals surface area contributed by atoms with Crippen LogP contribution in [-0.4, -0.2) is 61.8 Å². The normalized spacial score (nSPS) is 17.0. The van der Waals surface area contributed by atoms with Crippen molar-refractivity contribution in [3.63, 3.8) is 0 Å². The summed E-state index contributed by atoms with van der Waals surface area (Å²) >= 11 is 0. The van der Waals surface area contributed by atoms with Gasteiger partial charge in [-0.15, -0.1) is 0 Å². The van der Waals surface area contributed by atoms with E-state index < -0.39 is 6.10 Å². The van der Waals surface area contributed by atoms with Crippen LogP contribution in [0.25, 0.3) is 0 Å². The van der Waals surface area contributed by atoms with E-state index in [4.69, 9.17) is 9.47 Å². The van der Waals surface area contributed by atoms with Crippen LogP contribution in [0.15, 0.2) is 48.5 Å². The van der Waals surface area contributed by atoms with Crippen LogP contribution in [-0.2, 0) is 6.54 Å². The highest BCUT2D eigenvalue weighted by Crippen LogP contribution is 2.26. The van der Waals surface area contributed by atoms with Gasteiger partial charge < -0.3 is 14.6 Å². The molecule has 1 unspecified atom stereocenters. The fourth-order valence-corrected chi connectivity index (χ4v) is 3.40. The Labute approximate surface area is 155 Å². The fourth-order valence-electron chi connectivity index (χ4n) is 3.40. The van der Waals surface area contributed by atoms with Gasteiger partial charge in [-0.05, 0) is 23.8 Å². The number of ether oxygens (including phenoxy) is 2. The minimum atomic E-state index is -0.429. The molecule has 1 atom stereocenters. The second-order valence-electron chi connectivity index (χ2n) is 6.68. The molecule has 0 amide bonds. The maximum absolute atomic E-state index is 10.4. The molecule has 2 aromatic rings. The van der Waals surface area contributed by atoms with Crippen molar-refractivity contribution in [1.82, 2.24) is 9.80 Å². The second kappa shape index (κ2) is 9.03. The van der Waals surface area contributed by atoms with Gasteiger partial charge >= 0.3 is 0 Å². The maximum Gasteiger partial charge on any atom is 0.123 e. The van der Waals surface area contributed by atoms with Gasteiger partial charge in [0.05, 0.1) is 20.3 Å². The molecule has 1 aliphatic heterocycles. The molecule has 0 aromatic heterocycles. The van der Waals surface area contributed by atoms with Gasteiger partial charge in [0.25, 0.3) is 0 Å². The quantitative estimate of drug-likeness (QED) is 0.826. The zero-order valence-corrected chi connectivity index (χ0v) is 15.6. The van der Waals surface area contributed by atoms with Gasteiger partial charge in [-0.2, -0.15) is 0 Å². The molecule has 1 saturated heterocycles. The van der Waals surface area contributed by atoms with E-state index >= 15 is 0 Å². The van der Waals surface area contributed by atoms with Gasteiger partial charge in [-0.3, -0.25) is 9.80 Å². The molecular formula is C21H28N2O3. The molecule has 1 fully saturated rings. The molecule has 26 heavy (non-hydrogen) atoms. The molecular weight excluding hydrogens is 328 g/mol. The van der Waals surface area contributed by atoms with Crippen LogP contribution in [0.5, 0.6) is 11.5 Å². The van der Waals surface area contributed by atoms with Crippen molar-refractivity contribution in [3.8, 4) is 11.5 Å². The third-order valence-corrected chi connectivity index (χ3v) is 4.96. The number of nitrogens with zero attached hydrogens (tertiary/aromatic N) is 2. The van der Waals surface area contributed by atoms with Crippen molar-refractivity contribution < 1.29 is 14.6 Å². The highest BCUT2D eigenvalue weighted by atomic mass is 16.5. The van der Waals surface area contributed by atoms with Crippen LogP contribution in [0.2, 0.25) is 0 Å². The van der Waals surface area contributed by atoms with Gasteiger partial charge in [-0.1, -0.05) is 30.3 Å². The molecule has 0 radical (unpaired) electrons. The van der Waals surface area contributed by atoms with Crippen molar-refractivity contribution in [3.05, 3.63) is 59.7 Å². The number of piperazine rings is 1. The zero-order valence-electron chi connectivity index (χ0n) is 15.6. The van der Waals surface area contributed by atoms with Crippen LogP contribution in [0.1, 0.15) is 17.2 Å². The second-order valence-corrected chi connectivity index (χ2v) is 6.68. The number of aliphatic hydroxyl groups is 1. The molecule has 0 spiro atoms. The molecule has 5 heteroatoms. The number of rotatable bonds is 7. The van der Waals surface area contributed by atoms with Crippen LogP contribution < -0.4 is 9.47 Å². The summed E-state index contributed by atoms with van der Waals surface area (Å²) in [6.45, 7) is 5.38. The number of β-amino-alcohol motifs (C(OH)–C–C–N with tert-alkyl or cyclic N) is 1. The zero-order chi connectivity index (χ0) is 18.4. The van der Waals surface area contributed by atoms with E-state index in [0.717, 1.165) is 55.3 Å². The summed E-state index contributed by atoms with van der Waals surface area (Å²) in [7, 11) is 3.39. The Hall–Kier alpha value is -2.08. The smallest absolute Gasteiger partial charge is 0.123 e. The summed E-state index contributed by atoms with van der Waals surface area (Å²) in [4.78, 5) is 4.75. The summed E-state index contributed by atoms with van der Waals surface area (Å²) in [5, 5.41) is 10.4. The maximum atomic E-state index is 10.4. The van der Waals surface area contributed by atoms with E-state index in [9.17, 15) is 5.11 Å². The van der Waals surface area contributed by atoms with E-state index in [1.165, 1.54) is 0 Å². The lowest BCUT2D eigenvalue weighted by Gasteiger charge is -2.35. The lowest BCUT2D eigenvalue weighted by Crippen LogP contribution is -2.47. The third-order valence-electron chi connectivity index (χ3n) is 4.96. The molecule has 5 nitrogen and oxygen atoms in total. The Kier molecular flexibility index (Phi) is 6.50. The molecule has 2 aromatic carbocycles. The number of benzene rings is 2. The first-order chi connectivity index (χ1) is 12.7. The number of methoxy groups -OCH3 is 2. The number of hydrogen-bond donors (Lipinski definition) is 1. The van der Waals surface area contributed by atoms with Crippen molar-refractivity contribution in [2.45, 2.75) is 12.6 Å². The van der Waals surface area contributed by atoms with Crippen molar-refractivity contribution >= 4 is 0 Å². The molecule has 0 bridgehead atoms. The Morgan fingerprint density at radius 1 is 0.923 bits per heavy atom. The average molecular weight is 356 g/mol. The Morgan fingerprint density at radius 3 is 2.27 bits per heavy atom. The summed E-state index contributed by atoms with van der Waals surface area (Å²) in [6, 6.07) is 15.8. The first-order valence-electron chi connectivity index (χ1n) is 9.08. The molecule has 1 heterocycles. The summed E-state index contributed by atoms with van der Waals surface area (Å²) in [5.41, 5.74) is 2.13. The van der Waals surface area contributed by atoms with Crippen LogP contribution in [0.4, 0.5) is 0 Å². The minimum Gasteiger partial charge on any atom is -0.497 e. The van der Waals surface area contributed by atoms with Gasteiger partial charge in [0.15, 0.2) is 0 Å². The third kappa shape index (κ3) is 4.75. The van der Waals surface area contributed by atoms with Gasteiger partial charge in [0, 0.05) is 44.8 Å². The highest BCUT2D eigenvalue weighted by Gasteiger charge is 2.21. The Balaban J connectivity index is 1.53. The standard InChI is InChI=1S/C21H28N2O3/c1-25-19-8-9-21(26-2)18(14-19)15-22-10-12-23(13-11-22)16-20(24)17-6-4-3-5-7-17/h3-9,14,20,24H,10-13,15-16H2,1-2H3. The van der Waals surface area contributed by atoms with Gasteiger partial charge in [0.2, 0.25) is 0 Å². The van der Waals surface area contributed by atoms with E-state index in [1.54, 1.807) is 14.2 Å². The van der Waals surface area contributed by atoms with Crippen LogP contribution in [0, 0.1) is 0 Å². The monoisotopic (exact) mass is 356 g/mol. The van der Waals surface area contributed by atoms with Crippen molar-refractivity contribution in [1.29, 1.82) is 0 Å². The van der Waals surface area contributed by atoms with Crippen molar-refractivity contribution in [2.24, 2.45) is 0 Å². The van der Waals surface area contributed by atoms with Gasteiger partial charge in [0.1, 0.15) is 11.5 Å².